The second-order valence-corrected chi connectivity index (χ2v) is 9.83. The lowest BCUT2D eigenvalue weighted by molar-refractivity contribution is -0.254. The van der Waals surface area contributed by atoms with Gasteiger partial charge in [0.1, 0.15) is 23.8 Å². The van der Waals surface area contributed by atoms with Crippen molar-refractivity contribution in [3.63, 3.8) is 0 Å². The predicted molar refractivity (Wildman–Crippen MR) is 133 cm³/mol. The second kappa shape index (κ2) is 10.9. The number of fused-ring (bicyclic) bond motifs is 1. The number of nitrogens with one attached hydrogen (secondary N) is 1. The molecule has 4 N–H and O–H groups in total. The Kier molecular flexibility index (Phi) is 8.01. The summed E-state index contributed by atoms with van der Waals surface area (Å²) in [6.07, 6.45) is -12.2. The van der Waals surface area contributed by atoms with Gasteiger partial charge in [-0.25, -0.2) is 13.9 Å². The summed E-state index contributed by atoms with van der Waals surface area (Å²) in [5.74, 6) is -2.52. The zero-order valence-electron chi connectivity index (χ0n) is 22.1. The van der Waals surface area contributed by atoms with Crippen LogP contribution in [0.25, 0.3) is 16.8 Å². The first-order valence-corrected chi connectivity index (χ1v) is 12.4. The number of nitrogens with two attached hydrogens (primary N) is 1. The lowest BCUT2D eigenvalue weighted by atomic mass is 10.0. The summed E-state index contributed by atoms with van der Waals surface area (Å²) >= 11 is 0. The van der Waals surface area contributed by atoms with E-state index in [2.05, 4.69) is 15.4 Å². The molecule has 2 aromatic heterocycles. The van der Waals surface area contributed by atoms with Gasteiger partial charge in [-0.3, -0.25) is 9.59 Å². The van der Waals surface area contributed by atoms with Crippen molar-refractivity contribution in [2.75, 3.05) is 25.4 Å². The highest BCUT2D eigenvalue weighted by molar-refractivity contribution is 5.98. The van der Waals surface area contributed by atoms with E-state index in [4.69, 9.17) is 10.5 Å². The molecule has 1 fully saturated rings. The molecule has 3 heterocycles. The van der Waals surface area contributed by atoms with Crippen LogP contribution in [-0.2, 0) is 11.0 Å². The molecule has 4 rings (SSSR count). The SMILES string of the molecule is CCOc1ccc(-c2cc(C(F)(F)F)c3c(N)ncnn23)cc1C(=O)N[C@@H]1CN(C(=O)CC(C)(O)C(F)(F)F)C[C@@H]1F. The van der Waals surface area contributed by atoms with Gasteiger partial charge < -0.3 is 25.8 Å². The molecule has 0 spiro atoms. The molecule has 1 saturated heterocycles. The third-order valence-electron chi connectivity index (χ3n) is 6.73. The number of nitrogens with zero attached hydrogens (tertiary/aromatic N) is 4. The number of carbonyl (C=O) groups is 2. The average molecular weight is 606 g/mol. The van der Waals surface area contributed by atoms with Crippen LogP contribution in [0.2, 0.25) is 0 Å². The maximum Gasteiger partial charge on any atom is 0.418 e. The Morgan fingerprint density at radius 1 is 1.17 bits per heavy atom. The van der Waals surface area contributed by atoms with Crippen LogP contribution in [-0.4, -0.2) is 80.1 Å². The smallest absolute Gasteiger partial charge is 0.418 e. The molecule has 2 amide bonds. The lowest BCUT2D eigenvalue weighted by Gasteiger charge is -2.27. The highest BCUT2D eigenvalue weighted by Crippen LogP contribution is 2.39. The van der Waals surface area contributed by atoms with Crippen LogP contribution in [0.5, 0.6) is 5.75 Å². The second-order valence-electron chi connectivity index (χ2n) is 9.83. The summed E-state index contributed by atoms with van der Waals surface area (Å²) in [6, 6.07) is 3.34. The van der Waals surface area contributed by atoms with Gasteiger partial charge in [0, 0.05) is 12.1 Å². The number of rotatable bonds is 7. The summed E-state index contributed by atoms with van der Waals surface area (Å²) in [5.41, 5.74) is 0.528. The van der Waals surface area contributed by atoms with Crippen molar-refractivity contribution in [3.05, 3.63) is 41.7 Å². The van der Waals surface area contributed by atoms with Gasteiger partial charge in [0.15, 0.2) is 11.4 Å². The Bertz CT molecular complexity index is 1500. The molecular weight excluding hydrogens is 581 g/mol. The van der Waals surface area contributed by atoms with E-state index in [0.29, 0.717) is 6.92 Å². The highest BCUT2D eigenvalue weighted by Gasteiger charge is 2.52. The van der Waals surface area contributed by atoms with E-state index in [-0.39, 0.29) is 29.2 Å². The molecule has 0 radical (unpaired) electrons. The molecule has 10 nitrogen and oxygen atoms in total. The number of halogens is 7. The van der Waals surface area contributed by atoms with Crippen molar-refractivity contribution in [1.29, 1.82) is 0 Å². The van der Waals surface area contributed by atoms with Crippen molar-refractivity contribution < 1.29 is 50.2 Å². The molecule has 1 aromatic carbocycles. The van der Waals surface area contributed by atoms with Crippen molar-refractivity contribution in [1.82, 2.24) is 24.8 Å². The van der Waals surface area contributed by atoms with Gasteiger partial charge >= 0.3 is 12.4 Å². The lowest BCUT2D eigenvalue weighted by Crippen LogP contribution is -2.47. The normalized spacial score (nSPS) is 19.1. The molecule has 0 aliphatic carbocycles. The van der Waals surface area contributed by atoms with Crippen molar-refractivity contribution in [2.45, 2.75) is 50.4 Å². The van der Waals surface area contributed by atoms with E-state index in [0.717, 1.165) is 21.8 Å². The topological polar surface area (TPSA) is 135 Å². The number of carbonyl (C=O) groups excluding carboxylic acids is 2. The fraction of sp³-hybridized carbons (Fsp3) is 0.440. The van der Waals surface area contributed by atoms with Gasteiger partial charge in [0.2, 0.25) is 5.91 Å². The van der Waals surface area contributed by atoms with E-state index in [1.165, 1.54) is 18.2 Å². The van der Waals surface area contributed by atoms with Gasteiger partial charge in [-0.05, 0) is 38.1 Å². The number of hydrogen-bond donors (Lipinski definition) is 3. The number of hydrogen-bond acceptors (Lipinski definition) is 7. The van der Waals surface area contributed by atoms with Gasteiger partial charge in [-0.2, -0.15) is 31.4 Å². The summed E-state index contributed by atoms with van der Waals surface area (Å²) in [5, 5.41) is 15.8. The summed E-state index contributed by atoms with van der Waals surface area (Å²) in [4.78, 5) is 30.0. The number of benzene rings is 1. The maximum atomic E-state index is 14.8. The fourth-order valence-electron chi connectivity index (χ4n) is 4.49. The molecule has 0 bridgehead atoms. The minimum atomic E-state index is -5.10. The van der Waals surface area contributed by atoms with Gasteiger partial charge in [0.05, 0.1) is 42.4 Å². The number of aromatic nitrogens is 3. The zero-order valence-corrected chi connectivity index (χ0v) is 22.1. The average Bonchev–Trinajstić information content (AvgIpc) is 3.45. The van der Waals surface area contributed by atoms with E-state index >= 15 is 0 Å². The zero-order chi connectivity index (χ0) is 31.2. The van der Waals surface area contributed by atoms with Gasteiger partial charge in [-0.1, -0.05) is 0 Å². The Morgan fingerprint density at radius 3 is 2.48 bits per heavy atom. The van der Waals surface area contributed by atoms with Crippen LogP contribution in [0, 0.1) is 0 Å². The Morgan fingerprint density at radius 2 is 1.86 bits per heavy atom. The summed E-state index contributed by atoms with van der Waals surface area (Å²) in [6.45, 7) is 0.999. The predicted octanol–water partition coefficient (Wildman–Crippen LogP) is 3.38. The third-order valence-corrected chi connectivity index (χ3v) is 6.73. The minimum Gasteiger partial charge on any atom is -0.493 e. The van der Waals surface area contributed by atoms with Crippen LogP contribution in [0.1, 0.15) is 36.2 Å². The van der Waals surface area contributed by atoms with Crippen molar-refractivity contribution in [3.8, 4) is 17.0 Å². The van der Waals surface area contributed by atoms with Crippen LogP contribution in [0.4, 0.5) is 36.6 Å². The molecule has 1 unspecified atom stereocenters. The van der Waals surface area contributed by atoms with E-state index in [1.807, 2.05) is 0 Å². The molecule has 17 heteroatoms. The third kappa shape index (κ3) is 5.91. The number of amides is 2. The Labute approximate surface area is 233 Å². The number of aliphatic hydroxyl groups is 1. The summed E-state index contributed by atoms with van der Waals surface area (Å²) < 4.78 is 101. The van der Waals surface area contributed by atoms with Crippen LogP contribution < -0.4 is 15.8 Å². The van der Waals surface area contributed by atoms with Crippen LogP contribution in [0.15, 0.2) is 30.6 Å². The number of alkyl halides is 7. The van der Waals surface area contributed by atoms with Gasteiger partial charge in [-0.15, -0.1) is 0 Å². The molecular formula is C25H25F7N6O4. The van der Waals surface area contributed by atoms with Gasteiger partial charge in [0.25, 0.3) is 5.91 Å². The molecule has 42 heavy (non-hydrogen) atoms. The first-order chi connectivity index (χ1) is 19.4. The minimum absolute atomic E-state index is 0.00681. The largest absolute Gasteiger partial charge is 0.493 e. The number of ether oxygens (including phenoxy) is 1. The quantitative estimate of drug-likeness (QED) is 0.351. The molecule has 228 valence electrons. The first kappa shape index (κ1) is 30.8. The molecule has 3 aromatic rings. The van der Waals surface area contributed by atoms with E-state index in [9.17, 15) is 45.4 Å². The van der Waals surface area contributed by atoms with Crippen molar-refractivity contribution in [2.24, 2.45) is 0 Å². The molecule has 3 atom stereocenters. The standard InChI is InChI=1S/C25H25F7N6O4/c1-3-42-18-5-4-12(17-7-14(24(27,28)29)20-21(33)34-11-35-38(17)20)6-13(18)22(40)36-16-10-37(9-15(16)26)19(39)8-23(2,41)25(30,31)32/h4-7,11,15-16,41H,3,8-10H2,1-2H3,(H,36,40)(H2,33,34,35)/t15-,16+,23?/m0/s1. The Hall–Kier alpha value is -4.15. The van der Waals surface area contributed by atoms with E-state index < -0.39 is 78.4 Å². The number of likely N-dealkylation sites (tertiary alicyclic amines) is 1. The van der Waals surface area contributed by atoms with Crippen molar-refractivity contribution >= 4 is 23.1 Å². The molecule has 0 saturated carbocycles. The maximum absolute atomic E-state index is 14.8. The first-order valence-electron chi connectivity index (χ1n) is 12.4. The molecule has 1 aliphatic rings. The molecule has 1 aliphatic heterocycles. The number of anilines is 1. The Balaban J connectivity index is 1.62. The highest BCUT2D eigenvalue weighted by atomic mass is 19.4. The van der Waals surface area contributed by atoms with Crippen LogP contribution in [0.3, 0.4) is 0 Å². The van der Waals surface area contributed by atoms with E-state index in [1.54, 1.807) is 6.92 Å². The monoisotopic (exact) mass is 606 g/mol. The summed E-state index contributed by atoms with van der Waals surface area (Å²) in [7, 11) is 0. The fourth-order valence-corrected chi connectivity index (χ4v) is 4.49. The number of nitrogen functional groups attached to an aromatic ring is 1. The van der Waals surface area contributed by atoms with Crippen LogP contribution >= 0.6 is 0 Å².